The molecule has 1 heterocycles. The van der Waals surface area contributed by atoms with E-state index in [1.54, 1.807) is 0 Å². The fourth-order valence-electron chi connectivity index (χ4n) is 2.28. The van der Waals surface area contributed by atoms with Gasteiger partial charge >= 0.3 is 0 Å². The van der Waals surface area contributed by atoms with Crippen LogP contribution in [0, 0.1) is 17.5 Å². The van der Waals surface area contributed by atoms with E-state index < -0.39 is 29.3 Å². The van der Waals surface area contributed by atoms with E-state index in [1.165, 1.54) is 24.4 Å². The molecule has 142 valence electrons. The van der Waals surface area contributed by atoms with E-state index in [-0.39, 0.29) is 22.6 Å². The molecule has 0 atom stereocenters. The quantitative estimate of drug-likeness (QED) is 0.663. The van der Waals surface area contributed by atoms with Crippen LogP contribution in [0.25, 0.3) is 0 Å². The fourth-order valence-corrected chi connectivity index (χ4v) is 2.39. The minimum Gasteiger partial charge on any atom is -0.321 e. The van der Waals surface area contributed by atoms with E-state index in [2.05, 4.69) is 15.6 Å². The molecule has 0 radical (unpaired) electrons. The molecule has 0 saturated carbocycles. The van der Waals surface area contributed by atoms with Crippen LogP contribution in [-0.4, -0.2) is 16.8 Å². The molecular weight excluding hydrogens is 395 g/mol. The van der Waals surface area contributed by atoms with Crippen molar-refractivity contribution < 1.29 is 22.8 Å². The third-order valence-electron chi connectivity index (χ3n) is 3.63. The summed E-state index contributed by atoms with van der Waals surface area (Å²) in [6, 6.07) is 8.68. The summed E-state index contributed by atoms with van der Waals surface area (Å²) >= 11 is 5.73. The van der Waals surface area contributed by atoms with Crippen molar-refractivity contribution in [3.05, 3.63) is 88.3 Å². The lowest BCUT2D eigenvalue weighted by molar-refractivity contribution is 0.102. The number of aromatic nitrogens is 1. The highest BCUT2D eigenvalue weighted by Crippen LogP contribution is 2.20. The second-order valence-corrected chi connectivity index (χ2v) is 6.03. The summed E-state index contributed by atoms with van der Waals surface area (Å²) in [6.07, 6.45) is 1.31. The maximum Gasteiger partial charge on any atom is 0.259 e. The van der Waals surface area contributed by atoms with Gasteiger partial charge in [0, 0.05) is 11.8 Å². The third-order valence-corrected chi connectivity index (χ3v) is 3.85. The first kappa shape index (κ1) is 19.4. The Morgan fingerprint density at radius 3 is 2.32 bits per heavy atom. The summed E-state index contributed by atoms with van der Waals surface area (Å²) in [5.74, 6) is -4.39. The van der Waals surface area contributed by atoms with Crippen molar-refractivity contribution in [2.75, 3.05) is 10.6 Å². The third kappa shape index (κ3) is 4.47. The zero-order valence-corrected chi connectivity index (χ0v) is 14.7. The Bertz CT molecular complexity index is 1060. The zero-order valence-electron chi connectivity index (χ0n) is 14.0. The SMILES string of the molecule is O=C(Nc1ccc(F)cc1C(=O)Nc1ccc(Cl)cn1)c1ccc(F)c(F)c1. The largest absolute Gasteiger partial charge is 0.321 e. The Kier molecular flexibility index (Phi) is 5.60. The Morgan fingerprint density at radius 1 is 0.857 bits per heavy atom. The number of nitrogens with zero attached hydrogens (tertiary/aromatic N) is 1. The summed E-state index contributed by atoms with van der Waals surface area (Å²) < 4.78 is 40.0. The highest BCUT2D eigenvalue weighted by Gasteiger charge is 2.17. The van der Waals surface area contributed by atoms with Gasteiger partial charge in [0.1, 0.15) is 11.6 Å². The van der Waals surface area contributed by atoms with E-state index in [0.717, 1.165) is 24.3 Å². The molecule has 3 rings (SSSR count). The van der Waals surface area contributed by atoms with Gasteiger partial charge in [-0.25, -0.2) is 18.2 Å². The monoisotopic (exact) mass is 405 g/mol. The molecule has 0 aliphatic carbocycles. The molecule has 9 heteroatoms. The smallest absolute Gasteiger partial charge is 0.259 e. The van der Waals surface area contributed by atoms with Crippen LogP contribution in [0.15, 0.2) is 54.7 Å². The zero-order chi connectivity index (χ0) is 20.3. The molecule has 2 amide bonds. The average molecular weight is 406 g/mol. The van der Waals surface area contributed by atoms with Crippen LogP contribution in [0.3, 0.4) is 0 Å². The van der Waals surface area contributed by atoms with Crippen molar-refractivity contribution in [2.45, 2.75) is 0 Å². The minimum absolute atomic E-state index is 0.0254. The summed E-state index contributed by atoms with van der Waals surface area (Å²) in [7, 11) is 0. The number of nitrogens with one attached hydrogen (secondary N) is 2. The lowest BCUT2D eigenvalue weighted by Gasteiger charge is -2.12. The molecule has 0 aliphatic rings. The van der Waals surface area contributed by atoms with Gasteiger partial charge in [-0.1, -0.05) is 11.6 Å². The minimum atomic E-state index is -1.20. The second kappa shape index (κ2) is 8.10. The molecule has 5 nitrogen and oxygen atoms in total. The number of anilines is 2. The van der Waals surface area contributed by atoms with E-state index in [9.17, 15) is 22.8 Å². The van der Waals surface area contributed by atoms with Crippen molar-refractivity contribution in [3.8, 4) is 0 Å². The lowest BCUT2D eigenvalue weighted by Crippen LogP contribution is -2.19. The molecule has 0 bridgehead atoms. The van der Waals surface area contributed by atoms with Crippen LogP contribution in [0.2, 0.25) is 5.02 Å². The molecule has 3 aromatic rings. The van der Waals surface area contributed by atoms with Gasteiger partial charge in [-0.05, 0) is 48.5 Å². The van der Waals surface area contributed by atoms with E-state index in [1.807, 2.05) is 0 Å². The number of rotatable bonds is 4. The average Bonchev–Trinajstić information content (AvgIpc) is 2.67. The van der Waals surface area contributed by atoms with Gasteiger partial charge in [0.15, 0.2) is 11.6 Å². The molecule has 0 unspecified atom stereocenters. The van der Waals surface area contributed by atoms with Crippen LogP contribution < -0.4 is 10.6 Å². The van der Waals surface area contributed by atoms with Crippen LogP contribution in [0.4, 0.5) is 24.7 Å². The molecule has 0 saturated heterocycles. The van der Waals surface area contributed by atoms with Gasteiger partial charge in [-0.3, -0.25) is 9.59 Å². The first-order chi connectivity index (χ1) is 13.3. The van der Waals surface area contributed by atoms with Crippen molar-refractivity contribution in [3.63, 3.8) is 0 Å². The van der Waals surface area contributed by atoms with E-state index in [4.69, 9.17) is 11.6 Å². The van der Waals surface area contributed by atoms with Gasteiger partial charge in [0.2, 0.25) is 0 Å². The maximum absolute atomic E-state index is 13.6. The Morgan fingerprint density at radius 2 is 1.64 bits per heavy atom. The molecule has 0 fully saturated rings. The standard InChI is InChI=1S/C19H11ClF3N3O2/c20-11-2-6-17(24-9-11)26-19(28)13-8-12(21)3-5-16(13)25-18(27)10-1-4-14(22)15(23)7-10/h1-9H,(H,25,27)(H,24,26,28). The van der Waals surface area contributed by atoms with Gasteiger partial charge in [0.25, 0.3) is 11.8 Å². The van der Waals surface area contributed by atoms with Crippen molar-refractivity contribution in [2.24, 2.45) is 0 Å². The highest BCUT2D eigenvalue weighted by atomic mass is 35.5. The van der Waals surface area contributed by atoms with E-state index in [0.29, 0.717) is 11.1 Å². The number of halogens is 4. The van der Waals surface area contributed by atoms with Crippen molar-refractivity contribution in [1.82, 2.24) is 4.98 Å². The molecular formula is C19H11ClF3N3O2. The number of benzene rings is 2. The van der Waals surface area contributed by atoms with Gasteiger partial charge < -0.3 is 10.6 Å². The summed E-state index contributed by atoms with van der Waals surface area (Å²) in [5.41, 5.74) is -0.385. The number of hydrogen-bond acceptors (Lipinski definition) is 3. The number of pyridine rings is 1. The van der Waals surface area contributed by atoms with Crippen molar-refractivity contribution >= 4 is 34.9 Å². The molecule has 2 aromatic carbocycles. The molecule has 0 spiro atoms. The predicted molar refractivity (Wildman–Crippen MR) is 97.9 cm³/mol. The first-order valence-electron chi connectivity index (χ1n) is 7.82. The molecule has 1 aromatic heterocycles. The first-order valence-corrected chi connectivity index (χ1v) is 8.20. The normalized spacial score (nSPS) is 10.4. The Labute approximate surface area is 162 Å². The Hall–Kier alpha value is -3.39. The number of carbonyl (C=O) groups is 2. The van der Waals surface area contributed by atoms with Crippen molar-refractivity contribution in [1.29, 1.82) is 0 Å². The highest BCUT2D eigenvalue weighted by molar-refractivity contribution is 6.30. The second-order valence-electron chi connectivity index (χ2n) is 5.59. The van der Waals surface area contributed by atoms with Crippen LogP contribution >= 0.6 is 11.6 Å². The molecule has 28 heavy (non-hydrogen) atoms. The van der Waals surface area contributed by atoms with Gasteiger partial charge in [-0.15, -0.1) is 0 Å². The summed E-state index contributed by atoms with van der Waals surface area (Å²) in [4.78, 5) is 28.7. The van der Waals surface area contributed by atoms with E-state index >= 15 is 0 Å². The fraction of sp³-hybridized carbons (Fsp3) is 0. The summed E-state index contributed by atoms with van der Waals surface area (Å²) in [6.45, 7) is 0. The number of amides is 2. The summed E-state index contributed by atoms with van der Waals surface area (Å²) in [5, 5.41) is 5.19. The number of hydrogen-bond donors (Lipinski definition) is 2. The van der Waals surface area contributed by atoms with Gasteiger partial charge in [-0.2, -0.15) is 0 Å². The van der Waals surface area contributed by atoms with Gasteiger partial charge in [0.05, 0.1) is 16.3 Å². The van der Waals surface area contributed by atoms with Crippen LogP contribution in [0.1, 0.15) is 20.7 Å². The predicted octanol–water partition coefficient (Wildman–Crippen LogP) is 4.66. The number of carbonyl (C=O) groups excluding carboxylic acids is 2. The van der Waals surface area contributed by atoms with Crippen LogP contribution in [0.5, 0.6) is 0 Å². The Balaban J connectivity index is 1.85. The molecule has 0 aliphatic heterocycles. The molecule has 2 N–H and O–H groups in total. The topological polar surface area (TPSA) is 71.1 Å². The lowest BCUT2D eigenvalue weighted by atomic mass is 10.1. The maximum atomic E-state index is 13.6. The van der Waals surface area contributed by atoms with Crippen LogP contribution in [-0.2, 0) is 0 Å².